The number of methoxy groups -OCH3 is 1. The molecule has 1 aromatic rings. The van der Waals surface area contributed by atoms with Crippen LogP contribution in [0.25, 0.3) is 0 Å². The molecular weight excluding hydrogens is 379 g/mol. The van der Waals surface area contributed by atoms with Crippen LogP contribution in [0.1, 0.15) is 25.0 Å². The summed E-state index contributed by atoms with van der Waals surface area (Å²) in [6.07, 6.45) is -3.73. The van der Waals surface area contributed by atoms with Crippen molar-refractivity contribution in [1.29, 1.82) is 0 Å². The summed E-state index contributed by atoms with van der Waals surface area (Å²) in [7, 11) is 2.85. The van der Waals surface area contributed by atoms with Gasteiger partial charge in [0, 0.05) is 32.1 Å². The molecule has 0 spiro atoms. The number of nitrogens with zero attached hydrogens (tertiary/aromatic N) is 3. The second kappa shape index (κ2) is 7.10. The predicted octanol–water partition coefficient (Wildman–Crippen LogP) is 1.06. The minimum absolute atomic E-state index is 0.139. The number of hydrogen-bond acceptors (Lipinski definition) is 7. The average Bonchev–Trinajstić information content (AvgIpc) is 3.48. The molecule has 154 valence electrons. The Bertz CT molecular complexity index is 774. The van der Waals surface area contributed by atoms with Crippen LogP contribution < -0.4 is 16.0 Å². The molecule has 1 amide bonds. The summed E-state index contributed by atoms with van der Waals surface area (Å²) in [6.45, 7) is -0.580. The average molecular weight is 401 g/mol. The van der Waals surface area contributed by atoms with Crippen LogP contribution in [0.5, 0.6) is 0 Å². The van der Waals surface area contributed by atoms with E-state index in [0.29, 0.717) is 5.69 Å². The predicted molar refractivity (Wildman–Crippen MR) is 93.2 cm³/mol. The van der Waals surface area contributed by atoms with E-state index in [2.05, 4.69) is 15.5 Å². The lowest BCUT2D eigenvalue weighted by Gasteiger charge is -2.38. The van der Waals surface area contributed by atoms with Gasteiger partial charge in [-0.15, -0.1) is 5.10 Å². The van der Waals surface area contributed by atoms with Gasteiger partial charge in [0.2, 0.25) is 5.91 Å². The molecule has 11 heteroatoms. The molecule has 0 aromatic carbocycles. The second-order valence-electron chi connectivity index (χ2n) is 7.35. The van der Waals surface area contributed by atoms with Gasteiger partial charge in [0.05, 0.1) is 24.4 Å². The van der Waals surface area contributed by atoms with Gasteiger partial charge in [-0.05, 0) is 19.3 Å². The third kappa shape index (κ3) is 3.69. The molecule has 28 heavy (non-hydrogen) atoms. The van der Waals surface area contributed by atoms with Crippen molar-refractivity contribution in [2.24, 2.45) is 11.3 Å². The maximum absolute atomic E-state index is 13.3. The van der Waals surface area contributed by atoms with Crippen molar-refractivity contribution in [1.82, 2.24) is 15.5 Å². The van der Waals surface area contributed by atoms with Crippen molar-refractivity contribution in [2.45, 2.75) is 37.9 Å². The Morgan fingerprint density at radius 3 is 2.68 bits per heavy atom. The number of carbonyl (C=O) groups excluding carboxylic acids is 2. The van der Waals surface area contributed by atoms with Crippen LogP contribution >= 0.6 is 0 Å². The van der Waals surface area contributed by atoms with Crippen molar-refractivity contribution in [3.8, 4) is 0 Å². The number of halogens is 3. The maximum Gasteiger partial charge on any atom is 0.393 e. The topological polar surface area (TPSA) is 110 Å². The highest BCUT2D eigenvalue weighted by molar-refractivity contribution is 6.03. The fourth-order valence-corrected chi connectivity index (χ4v) is 3.60. The standard InChI is InChI=1S/C17H22F3N5O3/c1-25(10-3-4-10)12-5-13(21)24-23-11(12)7-16(15(27)28-2)6-9(17(18,19)20)8-22-14(16)26/h5,9-10H,3-4,6-8H2,1-2H3,(H2,21,24)(H,22,26)/t9-,16?/m1/s1. The number of amides is 1. The number of nitrogens with one attached hydrogen (secondary N) is 1. The van der Waals surface area contributed by atoms with Crippen molar-refractivity contribution in [3.63, 3.8) is 0 Å². The number of carbonyl (C=O) groups is 2. The number of nitrogens with two attached hydrogens (primary N) is 1. The number of nitrogen functional groups attached to an aromatic ring is 1. The molecule has 1 aliphatic carbocycles. The molecule has 1 saturated heterocycles. The second-order valence-corrected chi connectivity index (χ2v) is 7.35. The summed E-state index contributed by atoms with van der Waals surface area (Å²) in [6, 6.07) is 1.80. The maximum atomic E-state index is 13.3. The van der Waals surface area contributed by atoms with E-state index < -0.39 is 42.4 Å². The van der Waals surface area contributed by atoms with Crippen molar-refractivity contribution < 1.29 is 27.5 Å². The Morgan fingerprint density at radius 2 is 2.11 bits per heavy atom. The molecule has 2 aliphatic rings. The SMILES string of the molecule is COC(=O)C1(Cc2nnc(N)cc2N(C)C2CC2)C[C@@H](C(F)(F)F)CNC1=O. The Balaban J connectivity index is 2.02. The van der Waals surface area contributed by atoms with Gasteiger partial charge in [-0.25, -0.2) is 0 Å². The van der Waals surface area contributed by atoms with Gasteiger partial charge in [-0.3, -0.25) is 9.59 Å². The molecular formula is C17H22F3N5O3. The van der Waals surface area contributed by atoms with Crippen LogP contribution in [0.3, 0.4) is 0 Å². The van der Waals surface area contributed by atoms with Crippen LogP contribution in [0.2, 0.25) is 0 Å². The Kier molecular flexibility index (Phi) is 5.11. The van der Waals surface area contributed by atoms with E-state index in [1.807, 2.05) is 11.9 Å². The smallest absolute Gasteiger partial charge is 0.393 e. The quantitative estimate of drug-likeness (QED) is 0.561. The first-order valence-corrected chi connectivity index (χ1v) is 8.87. The highest BCUT2D eigenvalue weighted by Gasteiger charge is 2.57. The number of alkyl halides is 3. The molecule has 1 aliphatic heterocycles. The molecule has 0 bridgehead atoms. The summed E-state index contributed by atoms with van der Waals surface area (Å²) >= 11 is 0. The molecule has 2 heterocycles. The summed E-state index contributed by atoms with van der Waals surface area (Å²) in [5.74, 6) is -3.56. The zero-order chi connectivity index (χ0) is 20.7. The largest absolute Gasteiger partial charge is 0.468 e. The zero-order valence-corrected chi connectivity index (χ0v) is 15.5. The van der Waals surface area contributed by atoms with E-state index >= 15 is 0 Å². The highest BCUT2D eigenvalue weighted by Crippen LogP contribution is 2.43. The lowest BCUT2D eigenvalue weighted by Crippen LogP contribution is -2.57. The summed E-state index contributed by atoms with van der Waals surface area (Å²) < 4.78 is 44.7. The minimum Gasteiger partial charge on any atom is -0.468 e. The molecule has 0 radical (unpaired) electrons. The normalized spacial score (nSPS) is 25.2. The van der Waals surface area contributed by atoms with E-state index in [9.17, 15) is 22.8 Å². The van der Waals surface area contributed by atoms with E-state index in [1.165, 1.54) is 0 Å². The van der Waals surface area contributed by atoms with Crippen LogP contribution in [-0.4, -0.2) is 55.0 Å². The summed E-state index contributed by atoms with van der Waals surface area (Å²) in [5, 5.41) is 9.99. The fraction of sp³-hybridized carbons (Fsp3) is 0.647. The molecule has 3 N–H and O–H groups in total. The molecule has 1 saturated carbocycles. The number of esters is 1. The van der Waals surface area contributed by atoms with E-state index in [-0.39, 0.29) is 24.0 Å². The van der Waals surface area contributed by atoms with E-state index in [4.69, 9.17) is 10.5 Å². The lowest BCUT2D eigenvalue weighted by atomic mass is 9.72. The van der Waals surface area contributed by atoms with Gasteiger partial charge >= 0.3 is 12.1 Å². The number of rotatable bonds is 5. The van der Waals surface area contributed by atoms with E-state index in [0.717, 1.165) is 20.0 Å². The molecule has 2 fully saturated rings. The van der Waals surface area contributed by atoms with Crippen molar-refractivity contribution in [2.75, 3.05) is 31.3 Å². The molecule has 1 aromatic heterocycles. The van der Waals surface area contributed by atoms with Crippen LogP contribution in [-0.2, 0) is 20.7 Å². The van der Waals surface area contributed by atoms with Crippen LogP contribution in [0, 0.1) is 11.3 Å². The van der Waals surface area contributed by atoms with Gasteiger partial charge in [0.15, 0.2) is 5.41 Å². The summed E-state index contributed by atoms with van der Waals surface area (Å²) in [5.41, 5.74) is 4.45. The molecule has 2 atom stereocenters. The Labute approximate surface area is 159 Å². The number of piperidine rings is 1. The van der Waals surface area contributed by atoms with Crippen LogP contribution in [0.15, 0.2) is 6.07 Å². The molecule has 8 nitrogen and oxygen atoms in total. The first-order chi connectivity index (χ1) is 13.1. The highest BCUT2D eigenvalue weighted by atomic mass is 19.4. The minimum atomic E-state index is -4.56. The third-order valence-corrected chi connectivity index (χ3v) is 5.39. The van der Waals surface area contributed by atoms with Gasteiger partial charge in [0.1, 0.15) is 5.82 Å². The number of hydrogen-bond donors (Lipinski definition) is 2. The number of ether oxygens (including phenoxy) is 1. The van der Waals surface area contributed by atoms with Gasteiger partial charge in [-0.1, -0.05) is 0 Å². The third-order valence-electron chi connectivity index (χ3n) is 5.39. The fourth-order valence-electron chi connectivity index (χ4n) is 3.60. The lowest BCUT2D eigenvalue weighted by molar-refractivity contribution is -0.195. The van der Waals surface area contributed by atoms with Gasteiger partial charge < -0.3 is 20.7 Å². The molecule has 3 rings (SSSR count). The number of aromatic nitrogens is 2. The Hall–Kier alpha value is -2.59. The van der Waals surface area contributed by atoms with Crippen molar-refractivity contribution in [3.05, 3.63) is 11.8 Å². The number of anilines is 2. The summed E-state index contributed by atoms with van der Waals surface area (Å²) in [4.78, 5) is 27.1. The molecule has 1 unspecified atom stereocenters. The van der Waals surface area contributed by atoms with Gasteiger partial charge in [0.25, 0.3) is 0 Å². The van der Waals surface area contributed by atoms with Crippen LogP contribution in [0.4, 0.5) is 24.7 Å². The Morgan fingerprint density at radius 1 is 1.43 bits per heavy atom. The van der Waals surface area contributed by atoms with Gasteiger partial charge in [-0.2, -0.15) is 18.3 Å². The zero-order valence-electron chi connectivity index (χ0n) is 15.5. The first kappa shape index (κ1) is 20.2. The van der Waals surface area contributed by atoms with Crippen molar-refractivity contribution >= 4 is 23.4 Å². The monoisotopic (exact) mass is 401 g/mol. The van der Waals surface area contributed by atoms with E-state index in [1.54, 1.807) is 6.07 Å². The first-order valence-electron chi connectivity index (χ1n) is 8.87.